The Morgan fingerprint density at radius 2 is 2.29 bits per heavy atom. The molecule has 0 fully saturated rings. The van der Waals surface area contributed by atoms with Crippen LogP contribution < -0.4 is 10.6 Å². The number of rotatable bonds is 2. The van der Waals surface area contributed by atoms with Crippen molar-refractivity contribution in [2.75, 3.05) is 11.9 Å². The SMILES string of the molecule is O=CNc1cccc2c1CCNC2=O. The number of hydrogen-bond acceptors (Lipinski definition) is 2. The fourth-order valence-electron chi connectivity index (χ4n) is 1.66. The monoisotopic (exact) mass is 190 g/mol. The number of benzene rings is 1. The molecule has 1 heterocycles. The predicted octanol–water partition coefficient (Wildman–Crippen LogP) is 0.541. The summed E-state index contributed by atoms with van der Waals surface area (Å²) in [5.74, 6) is -0.0687. The first-order valence-electron chi connectivity index (χ1n) is 4.43. The van der Waals surface area contributed by atoms with Gasteiger partial charge in [0.05, 0.1) is 0 Å². The third-order valence-electron chi connectivity index (χ3n) is 2.30. The second-order valence-corrected chi connectivity index (χ2v) is 3.10. The molecular weight excluding hydrogens is 180 g/mol. The quantitative estimate of drug-likeness (QED) is 0.669. The number of hydrogen-bond donors (Lipinski definition) is 2. The molecule has 2 amide bonds. The number of fused-ring (bicyclic) bond motifs is 1. The summed E-state index contributed by atoms with van der Waals surface area (Å²) in [6.07, 6.45) is 1.39. The van der Waals surface area contributed by atoms with Gasteiger partial charge in [-0.05, 0) is 24.1 Å². The molecular formula is C10H10N2O2. The van der Waals surface area contributed by atoms with Crippen molar-refractivity contribution >= 4 is 18.0 Å². The molecule has 1 aliphatic rings. The van der Waals surface area contributed by atoms with Gasteiger partial charge in [-0.25, -0.2) is 0 Å². The van der Waals surface area contributed by atoms with E-state index in [1.54, 1.807) is 18.2 Å². The molecule has 0 radical (unpaired) electrons. The second kappa shape index (κ2) is 3.49. The van der Waals surface area contributed by atoms with Crippen molar-refractivity contribution in [1.82, 2.24) is 5.32 Å². The Morgan fingerprint density at radius 3 is 3.07 bits per heavy atom. The second-order valence-electron chi connectivity index (χ2n) is 3.10. The van der Waals surface area contributed by atoms with Gasteiger partial charge in [0.1, 0.15) is 0 Å². The van der Waals surface area contributed by atoms with Gasteiger partial charge in [0, 0.05) is 17.8 Å². The molecule has 72 valence electrons. The highest BCUT2D eigenvalue weighted by atomic mass is 16.1. The third kappa shape index (κ3) is 1.35. The lowest BCUT2D eigenvalue weighted by Crippen LogP contribution is -2.32. The van der Waals surface area contributed by atoms with E-state index < -0.39 is 0 Å². The lowest BCUT2D eigenvalue weighted by molar-refractivity contribution is -0.105. The zero-order valence-corrected chi connectivity index (χ0v) is 7.54. The number of anilines is 1. The zero-order chi connectivity index (χ0) is 9.97. The summed E-state index contributed by atoms with van der Waals surface area (Å²) < 4.78 is 0. The van der Waals surface area contributed by atoms with Crippen LogP contribution in [0.5, 0.6) is 0 Å². The fourth-order valence-corrected chi connectivity index (χ4v) is 1.66. The summed E-state index contributed by atoms with van der Waals surface area (Å²) in [6, 6.07) is 5.32. The van der Waals surface area contributed by atoms with Crippen molar-refractivity contribution in [1.29, 1.82) is 0 Å². The molecule has 0 spiro atoms. The Balaban J connectivity index is 2.49. The summed E-state index contributed by atoms with van der Waals surface area (Å²) in [6.45, 7) is 0.628. The summed E-state index contributed by atoms with van der Waals surface area (Å²) in [5.41, 5.74) is 2.30. The van der Waals surface area contributed by atoms with Crippen LogP contribution in [0.1, 0.15) is 15.9 Å². The number of nitrogens with one attached hydrogen (secondary N) is 2. The van der Waals surface area contributed by atoms with E-state index in [4.69, 9.17) is 0 Å². The first-order valence-corrected chi connectivity index (χ1v) is 4.43. The predicted molar refractivity (Wildman–Crippen MR) is 52.2 cm³/mol. The van der Waals surface area contributed by atoms with Gasteiger partial charge in [0.15, 0.2) is 0 Å². The molecule has 0 unspecified atom stereocenters. The summed E-state index contributed by atoms with van der Waals surface area (Å²) in [7, 11) is 0. The van der Waals surface area contributed by atoms with Crippen molar-refractivity contribution in [3.63, 3.8) is 0 Å². The maximum Gasteiger partial charge on any atom is 0.251 e. The van der Waals surface area contributed by atoms with Gasteiger partial charge >= 0.3 is 0 Å². The van der Waals surface area contributed by atoms with Crippen molar-refractivity contribution in [2.45, 2.75) is 6.42 Å². The number of carbonyl (C=O) groups is 2. The number of amides is 2. The molecule has 0 atom stereocenters. The van der Waals surface area contributed by atoms with E-state index >= 15 is 0 Å². The van der Waals surface area contributed by atoms with E-state index in [9.17, 15) is 9.59 Å². The zero-order valence-electron chi connectivity index (χ0n) is 7.54. The molecule has 0 aromatic heterocycles. The lowest BCUT2D eigenvalue weighted by Gasteiger charge is -2.18. The van der Waals surface area contributed by atoms with Gasteiger partial charge in [-0.2, -0.15) is 0 Å². The van der Waals surface area contributed by atoms with Crippen LogP contribution in [0.15, 0.2) is 18.2 Å². The average Bonchev–Trinajstić information content (AvgIpc) is 2.20. The first-order chi connectivity index (χ1) is 6.83. The Hall–Kier alpha value is -1.84. The normalized spacial score (nSPS) is 14.1. The van der Waals surface area contributed by atoms with E-state index in [2.05, 4.69) is 10.6 Å². The van der Waals surface area contributed by atoms with Gasteiger partial charge < -0.3 is 10.6 Å². The Bertz CT molecular complexity index is 388. The Morgan fingerprint density at radius 1 is 1.43 bits per heavy atom. The highest BCUT2D eigenvalue weighted by Gasteiger charge is 2.18. The van der Waals surface area contributed by atoms with Gasteiger partial charge in [-0.1, -0.05) is 6.07 Å². The van der Waals surface area contributed by atoms with Crippen LogP contribution in [0.2, 0.25) is 0 Å². The standard InChI is InChI=1S/C10H10N2O2/c13-6-12-9-3-1-2-8-7(9)4-5-11-10(8)14/h1-3,6H,4-5H2,(H,11,14)(H,12,13). The van der Waals surface area contributed by atoms with Crippen LogP contribution in [0.25, 0.3) is 0 Å². The molecule has 2 rings (SSSR count). The first kappa shape index (κ1) is 8.74. The molecule has 4 heteroatoms. The third-order valence-corrected chi connectivity index (χ3v) is 2.30. The van der Waals surface area contributed by atoms with Crippen molar-refractivity contribution < 1.29 is 9.59 Å². The summed E-state index contributed by atoms with van der Waals surface area (Å²) >= 11 is 0. The molecule has 1 aromatic rings. The van der Waals surface area contributed by atoms with E-state index in [-0.39, 0.29) is 5.91 Å². The molecule has 4 nitrogen and oxygen atoms in total. The minimum Gasteiger partial charge on any atom is -0.352 e. The molecule has 14 heavy (non-hydrogen) atoms. The van der Waals surface area contributed by atoms with E-state index in [1.807, 2.05) is 0 Å². The molecule has 0 bridgehead atoms. The molecule has 0 aliphatic carbocycles. The minimum absolute atomic E-state index is 0.0687. The maximum absolute atomic E-state index is 11.4. The molecule has 0 saturated heterocycles. The smallest absolute Gasteiger partial charge is 0.251 e. The van der Waals surface area contributed by atoms with Crippen LogP contribution in [-0.2, 0) is 11.2 Å². The molecule has 2 N–H and O–H groups in total. The number of carbonyl (C=O) groups excluding carboxylic acids is 2. The van der Waals surface area contributed by atoms with E-state index in [1.165, 1.54) is 0 Å². The highest BCUT2D eigenvalue weighted by Crippen LogP contribution is 2.22. The largest absolute Gasteiger partial charge is 0.352 e. The van der Waals surface area contributed by atoms with Crippen LogP contribution in [-0.4, -0.2) is 18.9 Å². The molecule has 1 aliphatic heterocycles. The highest BCUT2D eigenvalue weighted by molar-refractivity contribution is 5.98. The lowest BCUT2D eigenvalue weighted by atomic mass is 9.98. The Kier molecular flexibility index (Phi) is 2.18. The van der Waals surface area contributed by atoms with Crippen molar-refractivity contribution in [3.05, 3.63) is 29.3 Å². The van der Waals surface area contributed by atoms with E-state index in [0.29, 0.717) is 18.5 Å². The average molecular weight is 190 g/mol. The Labute approximate surface area is 81.3 Å². The van der Waals surface area contributed by atoms with Gasteiger partial charge in [0.2, 0.25) is 6.41 Å². The van der Waals surface area contributed by atoms with Crippen LogP contribution in [0, 0.1) is 0 Å². The summed E-state index contributed by atoms with van der Waals surface area (Å²) in [5, 5.41) is 5.35. The van der Waals surface area contributed by atoms with E-state index in [0.717, 1.165) is 17.7 Å². The minimum atomic E-state index is -0.0687. The van der Waals surface area contributed by atoms with Crippen LogP contribution in [0.4, 0.5) is 5.69 Å². The van der Waals surface area contributed by atoms with Gasteiger partial charge in [0.25, 0.3) is 5.91 Å². The van der Waals surface area contributed by atoms with Crippen molar-refractivity contribution in [3.8, 4) is 0 Å². The van der Waals surface area contributed by atoms with Crippen molar-refractivity contribution in [2.24, 2.45) is 0 Å². The maximum atomic E-state index is 11.4. The van der Waals surface area contributed by atoms with Gasteiger partial charge in [-0.15, -0.1) is 0 Å². The van der Waals surface area contributed by atoms with Crippen LogP contribution >= 0.6 is 0 Å². The molecule has 0 saturated carbocycles. The van der Waals surface area contributed by atoms with Gasteiger partial charge in [-0.3, -0.25) is 9.59 Å². The van der Waals surface area contributed by atoms with Crippen LogP contribution in [0.3, 0.4) is 0 Å². The fraction of sp³-hybridized carbons (Fsp3) is 0.200. The molecule has 1 aromatic carbocycles. The summed E-state index contributed by atoms with van der Waals surface area (Å²) in [4.78, 5) is 21.7. The topological polar surface area (TPSA) is 58.2 Å².